The van der Waals surface area contributed by atoms with Crippen LogP contribution in [0.3, 0.4) is 0 Å². The van der Waals surface area contributed by atoms with Gasteiger partial charge in [-0.05, 0) is 25.1 Å². The lowest BCUT2D eigenvalue weighted by Crippen LogP contribution is -2.13. The zero-order chi connectivity index (χ0) is 13.0. The van der Waals surface area contributed by atoms with Crippen LogP contribution >= 0.6 is 0 Å². The fourth-order valence-corrected chi connectivity index (χ4v) is 1.55. The van der Waals surface area contributed by atoms with Crippen molar-refractivity contribution in [1.29, 1.82) is 0 Å². The third-order valence-electron chi connectivity index (χ3n) is 2.43. The summed E-state index contributed by atoms with van der Waals surface area (Å²) in [5.41, 5.74) is 0.747. The molecule has 96 valence electrons. The van der Waals surface area contributed by atoms with Crippen LogP contribution in [0.15, 0.2) is 24.4 Å². The summed E-state index contributed by atoms with van der Waals surface area (Å²) < 4.78 is 27.8. The number of halogens is 2. The van der Waals surface area contributed by atoms with Crippen LogP contribution in [-0.2, 0) is 6.54 Å². The Labute approximate surface area is 104 Å². The molecular formula is C12H14F2N4. The van der Waals surface area contributed by atoms with Crippen molar-refractivity contribution >= 4 is 0 Å². The number of rotatable bonds is 5. The molecule has 0 saturated carbocycles. The van der Waals surface area contributed by atoms with Gasteiger partial charge in [0.25, 0.3) is 0 Å². The first-order valence-electron chi connectivity index (χ1n) is 5.78. The van der Waals surface area contributed by atoms with Crippen molar-refractivity contribution in [2.24, 2.45) is 0 Å². The average Bonchev–Trinajstić information content (AvgIpc) is 2.81. The van der Waals surface area contributed by atoms with Crippen LogP contribution in [0.2, 0.25) is 0 Å². The van der Waals surface area contributed by atoms with Crippen LogP contribution in [0.25, 0.3) is 5.69 Å². The van der Waals surface area contributed by atoms with Crippen LogP contribution in [-0.4, -0.2) is 21.5 Å². The maximum atomic E-state index is 13.5. The van der Waals surface area contributed by atoms with Gasteiger partial charge in [-0.25, -0.2) is 13.5 Å². The van der Waals surface area contributed by atoms with Gasteiger partial charge >= 0.3 is 0 Å². The minimum Gasteiger partial charge on any atom is -0.311 e. The lowest BCUT2D eigenvalue weighted by molar-refractivity contribution is 0.584. The van der Waals surface area contributed by atoms with Crippen LogP contribution in [0.5, 0.6) is 0 Å². The molecule has 0 unspecified atom stereocenters. The largest absolute Gasteiger partial charge is 0.311 e. The molecule has 0 atom stereocenters. The number of aromatic nitrogens is 3. The third-order valence-corrected chi connectivity index (χ3v) is 2.43. The van der Waals surface area contributed by atoms with E-state index in [9.17, 15) is 8.78 Å². The van der Waals surface area contributed by atoms with E-state index in [0.29, 0.717) is 12.2 Å². The summed E-state index contributed by atoms with van der Waals surface area (Å²) in [7, 11) is 0. The Morgan fingerprint density at radius 2 is 2.17 bits per heavy atom. The molecule has 4 nitrogen and oxygen atoms in total. The molecule has 0 amide bonds. The Morgan fingerprint density at radius 1 is 1.33 bits per heavy atom. The summed E-state index contributed by atoms with van der Waals surface area (Å²) in [5.74, 6) is -1.04. The highest BCUT2D eigenvalue weighted by molar-refractivity contribution is 5.32. The van der Waals surface area contributed by atoms with E-state index in [1.807, 2.05) is 0 Å². The molecule has 0 aliphatic heterocycles. The van der Waals surface area contributed by atoms with Gasteiger partial charge in [0.1, 0.15) is 17.3 Å². The van der Waals surface area contributed by atoms with E-state index in [2.05, 4.69) is 22.6 Å². The fraction of sp³-hybridized carbons (Fsp3) is 0.333. The third kappa shape index (κ3) is 2.89. The second-order valence-corrected chi connectivity index (χ2v) is 3.93. The van der Waals surface area contributed by atoms with E-state index in [1.165, 1.54) is 4.68 Å². The van der Waals surface area contributed by atoms with Gasteiger partial charge in [-0.15, -0.1) is 5.10 Å². The number of hydrogen-bond donors (Lipinski definition) is 1. The highest BCUT2D eigenvalue weighted by atomic mass is 19.1. The zero-order valence-corrected chi connectivity index (χ0v) is 10.0. The van der Waals surface area contributed by atoms with E-state index < -0.39 is 11.6 Å². The SMILES string of the molecule is CCCNCc1cn(-c2cc(F)ccc2F)nn1. The summed E-state index contributed by atoms with van der Waals surface area (Å²) in [6.45, 7) is 3.50. The first-order chi connectivity index (χ1) is 8.70. The molecular weight excluding hydrogens is 238 g/mol. The molecule has 1 aromatic carbocycles. The fourth-order valence-electron chi connectivity index (χ4n) is 1.55. The predicted octanol–water partition coefficient (Wildman–Crippen LogP) is 2.05. The summed E-state index contributed by atoms with van der Waals surface area (Å²) >= 11 is 0. The zero-order valence-electron chi connectivity index (χ0n) is 10.0. The second-order valence-electron chi connectivity index (χ2n) is 3.93. The van der Waals surface area contributed by atoms with Gasteiger partial charge in [0.15, 0.2) is 0 Å². The summed E-state index contributed by atoms with van der Waals surface area (Å²) in [6.07, 6.45) is 2.60. The van der Waals surface area contributed by atoms with Crippen LogP contribution in [0.1, 0.15) is 19.0 Å². The maximum absolute atomic E-state index is 13.5. The quantitative estimate of drug-likeness (QED) is 0.828. The molecule has 0 aliphatic carbocycles. The van der Waals surface area contributed by atoms with Crippen molar-refractivity contribution in [3.8, 4) is 5.69 Å². The molecule has 0 spiro atoms. The Balaban J connectivity index is 2.16. The Kier molecular flexibility index (Phi) is 3.99. The maximum Gasteiger partial charge on any atom is 0.149 e. The van der Waals surface area contributed by atoms with Crippen LogP contribution in [0, 0.1) is 11.6 Å². The molecule has 0 bridgehead atoms. The normalized spacial score (nSPS) is 10.8. The summed E-state index contributed by atoms with van der Waals surface area (Å²) in [6, 6.07) is 3.23. The monoisotopic (exact) mass is 252 g/mol. The molecule has 18 heavy (non-hydrogen) atoms. The molecule has 0 radical (unpaired) electrons. The molecule has 1 aromatic heterocycles. The minimum absolute atomic E-state index is 0.0595. The van der Waals surface area contributed by atoms with E-state index in [4.69, 9.17) is 0 Å². The van der Waals surface area contributed by atoms with Crippen molar-refractivity contribution in [3.63, 3.8) is 0 Å². The highest BCUT2D eigenvalue weighted by Gasteiger charge is 2.08. The van der Waals surface area contributed by atoms with E-state index >= 15 is 0 Å². The number of hydrogen-bond acceptors (Lipinski definition) is 3. The number of nitrogens with one attached hydrogen (secondary N) is 1. The van der Waals surface area contributed by atoms with Gasteiger partial charge in [-0.1, -0.05) is 12.1 Å². The number of benzene rings is 1. The van der Waals surface area contributed by atoms with E-state index in [1.54, 1.807) is 6.20 Å². The van der Waals surface area contributed by atoms with Gasteiger partial charge in [-0.3, -0.25) is 0 Å². The molecule has 1 heterocycles. The van der Waals surface area contributed by atoms with Gasteiger partial charge in [0.05, 0.1) is 11.9 Å². The van der Waals surface area contributed by atoms with Gasteiger partial charge < -0.3 is 5.32 Å². The van der Waals surface area contributed by atoms with Crippen LogP contribution in [0.4, 0.5) is 8.78 Å². The Morgan fingerprint density at radius 3 is 2.94 bits per heavy atom. The van der Waals surface area contributed by atoms with Crippen molar-refractivity contribution in [2.75, 3.05) is 6.54 Å². The Bertz CT molecular complexity index is 525. The molecule has 2 aromatic rings. The summed E-state index contributed by atoms with van der Waals surface area (Å²) in [5, 5.41) is 10.8. The van der Waals surface area contributed by atoms with Gasteiger partial charge in [-0.2, -0.15) is 0 Å². The standard InChI is InChI=1S/C12H14F2N4/c1-2-5-15-7-10-8-18(17-16-10)12-6-9(13)3-4-11(12)14/h3-4,6,8,15H,2,5,7H2,1H3. The minimum atomic E-state index is -0.533. The van der Waals surface area contributed by atoms with E-state index in [0.717, 1.165) is 31.2 Å². The number of nitrogens with zero attached hydrogens (tertiary/aromatic N) is 3. The topological polar surface area (TPSA) is 42.7 Å². The van der Waals surface area contributed by atoms with Crippen molar-refractivity contribution in [1.82, 2.24) is 20.3 Å². The lowest BCUT2D eigenvalue weighted by Gasteiger charge is -2.01. The summed E-state index contributed by atoms with van der Waals surface area (Å²) in [4.78, 5) is 0. The Hall–Kier alpha value is -1.82. The smallest absolute Gasteiger partial charge is 0.149 e. The van der Waals surface area contributed by atoms with Crippen molar-refractivity contribution in [3.05, 3.63) is 41.7 Å². The molecule has 1 N–H and O–H groups in total. The molecule has 0 saturated heterocycles. The second kappa shape index (κ2) is 5.68. The molecule has 6 heteroatoms. The first kappa shape index (κ1) is 12.6. The van der Waals surface area contributed by atoms with Crippen molar-refractivity contribution < 1.29 is 8.78 Å². The first-order valence-corrected chi connectivity index (χ1v) is 5.78. The predicted molar refractivity (Wildman–Crippen MR) is 63.3 cm³/mol. The van der Waals surface area contributed by atoms with Crippen LogP contribution < -0.4 is 5.32 Å². The molecule has 0 fully saturated rings. The molecule has 0 aliphatic rings. The van der Waals surface area contributed by atoms with Crippen molar-refractivity contribution in [2.45, 2.75) is 19.9 Å². The van der Waals surface area contributed by atoms with E-state index in [-0.39, 0.29) is 5.69 Å². The van der Waals surface area contributed by atoms with Gasteiger partial charge in [0.2, 0.25) is 0 Å². The van der Waals surface area contributed by atoms with Gasteiger partial charge in [0, 0.05) is 12.6 Å². The molecule has 2 rings (SSSR count). The lowest BCUT2D eigenvalue weighted by atomic mass is 10.3. The average molecular weight is 252 g/mol. The highest BCUT2D eigenvalue weighted by Crippen LogP contribution is 2.13.